The van der Waals surface area contributed by atoms with Gasteiger partial charge in [-0.3, -0.25) is 4.79 Å². The van der Waals surface area contributed by atoms with E-state index in [0.717, 1.165) is 38.9 Å². The Bertz CT molecular complexity index is 471. The molecular formula is C15H21ClN2O2. The second-order valence-electron chi connectivity index (χ2n) is 5.25. The van der Waals surface area contributed by atoms with Gasteiger partial charge < -0.3 is 15.3 Å². The van der Waals surface area contributed by atoms with Crippen LogP contribution in [0.4, 0.5) is 0 Å². The fraction of sp³-hybridized carbons (Fsp3) is 0.533. The summed E-state index contributed by atoms with van der Waals surface area (Å²) >= 11 is 5.76. The molecule has 1 saturated heterocycles. The van der Waals surface area contributed by atoms with Crippen LogP contribution in [0.5, 0.6) is 5.75 Å². The summed E-state index contributed by atoms with van der Waals surface area (Å²) in [7, 11) is 0. The lowest BCUT2D eigenvalue weighted by Crippen LogP contribution is -2.44. The number of hydrogen-bond acceptors (Lipinski definition) is 3. The number of nitrogens with one attached hydrogen (secondary N) is 1. The summed E-state index contributed by atoms with van der Waals surface area (Å²) in [6.07, 6.45) is 3.08. The van der Waals surface area contributed by atoms with Crippen molar-refractivity contribution in [1.82, 2.24) is 10.2 Å². The fourth-order valence-electron chi connectivity index (χ4n) is 2.58. The number of phenols is 1. The Hall–Kier alpha value is -1.26. The van der Waals surface area contributed by atoms with Crippen LogP contribution in [0.25, 0.3) is 0 Å². The summed E-state index contributed by atoms with van der Waals surface area (Å²) in [5.74, 6) is -0.300. The molecule has 1 amide bonds. The number of nitrogens with zero attached hydrogens (tertiary/aromatic N) is 1. The van der Waals surface area contributed by atoms with Crippen molar-refractivity contribution < 1.29 is 9.90 Å². The third-order valence-corrected chi connectivity index (χ3v) is 3.90. The zero-order valence-corrected chi connectivity index (χ0v) is 12.5. The van der Waals surface area contributed by atoms with Crippen molar-refractivity contribution in [1.29, 1.82) is 0 Å². The molecule has 1 aliphatic heterocycles. The van der Waals surface area contributed by atoms with Gasteiger partial charge in [0.05, 0.1) is 5.56 Å². The number of carbonyl (C=O) groups is 1. The molecule has 0 aromatic heterocycles. The topological polar surface area (TPSA) is 52.6 Å². The fourth-order valence-corrected chi connectivity index (χ4v) is 2.74. The summed E-state index contributed by atoms with van der Waals surface area (Å²) in [6.45, 7) is 5.34. The van der Waals surface area contributed by atoms with Crippen LogP contribution >= 0.6 is 11.6 Å². The van der Waals surface area contributed by atoms with Crippen molar-refractivity contribution >= 4 is 17.5 Å². The zero-order valence-electron chi connectivity index (χ0n) is 11.7. The Morgan fingerprint density at radius 3 is 2.75 bits per heavy atom. The molecule has 0 atom stereocenters. The molecule has 1 aromatic carbocycles. The third kappa shape index (κ3) is 3.87. The molecule has 0 unspecified atom stereocenters. The van der Waals surface area contributed by atoms with Crippen LogP contribution in [0.3, 0.4) is 0 Å². The van der Waals surface area contributed by atoms with E-state index in [2.05, 4.69) is 17.1 Å². The molecule has 0 saturated carbocycles. The average molecular weight is 297 g/mol. The van der Waals surface area contributed by atoms with E-state index in [1.165, 1.54) is 6.07 Å². The summed E-state index contributed by atoms with van der Waals surface area (Å²) in [6, 6.07) is 4.74. The van der Waals surface area contributed by atoms with E-state index < -0.39 is 0 Å². The van der Waals surface area contributed by atoms with Gasteiger partial charge >= 0.3 is 0 Å². The van der Waals surface area contributed by atoms with E-state index in [9.17, 15) is 9.90 Å². The number of carbonyl (C=O) groups excluding carboxylic acids is 1. The first-order valence-electron chi connectivity index (χ1n) is 7.12. The van der Waals surface area contributed by atoms with Crippen LogP contribution < -0.4 is 5.32 Å². The van der Waals surface area contributed by atoms with Crippen LogP contribution in [-0.4, -0.2) is 41.6 Å². The number of piperidine rings is 1. The molecule has 1 aromatic rings. The van der Waals surface area contributed by atoms with Crippen LogP contribution in [0.1, 0.15) is 36.5 Å². The Balaban J connectivity index is 1.89. The van der Waals surface area contributed by atoms with Gasteiger partial charge in [0.2, 0.25) is 0 Å². The van der Waals surface area contributed by atoms with Gasteiger partial charge in [-0.15, -0.1) is 0 Å². The predicted octanol–water partition coefficient (Wildman–Crippen LogP) is 2.65. The summed E-state index contributed by atoms with van der Waals surface area (Å²) in [4.78, 5) is 14.5. The lowest BCUT2D eigenvalue weighted by molar-refractivity contribution is 0.0908. The SMILES string of the molecule is CCCN1CCC(NC(=O)c2ccc(Cl)cc2O)CC1. The van der Waals surface area contributed by atoms with E-state index in [0.29, 0.717) is 5.02 Å². The van der Waals surface area contributed by atoms with Crippen LogP contribution in [0.2, 0.25) is 5.02 Å². The monoisotopic (exact) mass is 296 g/mol. The van der Waals surface area contributed by atoms with E-state index >= 15 is 0 Å². The second kappa shape index (κ2) is 6.95. The minimum Gasteiger partial charge on any atom is -0.507 e. The maximum atomic E-state index is 12.1. The highest BCUT2D eigenvalue weighted by atomic mass is 35.5. The molecule has 0 aliphatic carbocycles. The molecule has 0 spiro atoms. The highest BCUT2D eigenvalue weighted by Gasteiger charge is 2.21. The highest BCUT2D eigenvalue weighted by molar-refractivity contribution is 6.30. The molecule has 4 nitrogen and oxygen atoms in total. The molecule has 1 heterocycles. The van der Waals surface area contributed by atoms with E-state index in [1.807, 2.05) is 0 Å². The number of halogens is 1. The molecule has 110 valence electrons. The van der Waals surface area contributed by atoms with Gasteiger partial charge in [0, 0.05) is 24.2 Å². The first-order valence-corrected chi connectivity index (χ1v) is 7.49. The molecule has 0 bridgehead atoms. The van der Waals surface area contributed by atoms with Crippen molar-refractivity contribution in [3.8, 4) is 5.75 Å². The molecular weight excluding hydrogens is 276 g/mol. The Morgan fingerprint density at radius 2 is 2.15 bits per heavy atom. The molecule has 20 heavy (non-hydrogen) atoms. The first kappa shape index (κ1) is 15.1. The number of benzene rings is 1. The van der Waals surface area contributed by atoms with Gasteiger partial charge in [-0.2, -0.15) is 0 Å². The molecule has 5 heteroatoms. The predicted molar refractivity (Wildman–Crippen MR) is 80.3 cm³/mol. The smallest absolute Gasteiger partial charge is 0.255 e. The summed E-state index contributed by atoms with van der Waals surface area (Å²) in [5, 5.41) is 13.2. The number of likely N-dealkylation sites (tertiary alicyclic amines) is 1. The maximum absolute atomic E-state index is 12.1. The number of amides is 1. The highest BCUT2D eigenvalue weighted by Crippen LogP contribution is 2.22. The van der Waals surface area contributed by atoms with E-state index in [4.69, 9.17) is 11.6 Å². The van der Waals surface area contributed by atoms with Crippen molar-refractivity contribution in [3.05, 3.63) is 28.8 Å². The van der Waals surface area contributed by atoms with E-state index in [-0.39, 0.29) is 23.3 Å². The van der Waals surface area contributed by atoms with Gasteiger partial charge in [-0.25, -0.2) is 0 Å². The average Bonchev–Trinajstić information content (AvgIpc) is 2.41. The minimum absolute atomic E-state index is 0.0709. The third-order valence-electron chi connectivity index (χ3n) is 3.67. The van der Waals surface area contributed by atoms with Crippen LogP contribution in [0, 0.1) is 0 Å². The largest absolute Gasteiger partial charge is 0.507 e. The van der Waals surface area contributed by atoms with Crippen LogP contribution in [0.15, 0.2) is 18.2 Å². The number of rotatable bonds is 4. The van der Waals surface area contributed by atoms with Crippen LogP contribution in [-0.2, 0) is 0 Å². The zero-order chi connectivity index (χ0) is 14.5. The second-order valence-corrected chi connectivity index (χ2v) is 5.69. The van der Waals surface area contributed by atoms with Gasteiger partial charge in [0.25, 0.3) is 5.91 Å². The molecule has 2 rings (SSSR count). The van der Waals surface area contributed by atoms with E-state index in [1.54, 1.807) is 12.1 Å². The van der Waals surface area contributed by atoms with Crippen molar-refractivity contribution in [3.63, 3.8) is 0 Å². The summed E-state index contributed by atoms with van der Waals surface area (Å²) in [5.41, 5.74) is 0.283. The Kier molecular flexibility index (Phi) is 5.26. The molecule has 2 N–H and O–H groups in total. The van der Waals surface area contributed by atoms with Gasteiger partial charge in [-0.05, 0) is 44.0 Å². The number of phenolic OH excluding ortho intramolecular Hbond substituents is 1. The first-order chi connectivity index (χ1) is 9.60. The standard InChI is InChI=1S/C15H21ClN2O2/c1-2-7-18-8-5-12(6-9-18)17-15(20)13-4-3-11(16)10-14(13)19/h3-4,10,12,19H,2,5-9H2,1H3,(H,17,20). The normalized spacial score (nSPS) is 17.1. The van der Waals surface area contributed by atoms with Gasteiger partial charge in [0.15, 0.2) is 0 Å². The maximum Gasteiger partial charge on any atom is 0.255 e. The number of hydrogen-bond donors (Lipinski definition) is 2. The molecule has 1 aliphatic rings. The summed E-state index contributed by atoms with van der Waals surface area (Å²) < 4.78 is 0. The Morgan fingerprint density at radius 1 is 1.45 bits per heavy atom. The Labute approximate surface area is 124 Å². The molecule has 1 fully saturated rings. The van der Waals surface area contributed by atoms with Crippen molar-refractivity contribution in [2.24, 2.45) is 0 Å². The van der Waals surface area contributed by atoms with Crippen molar-refractivity contribution in [2.75, 3.05) is 19.6 Å². The molecule has 0 radical (unpaired) electrons. The minimum atomic E-state index is -0.229. The quantitative estimate of drug-likeness (QED) is 0.898. The lowest BCUT2D eigenvalue weighted by Gasteiger charge is -2.32. The van der Waals surface area contributed by atoms with Gasteiger partial charge in [0.1, 0.15) is 5.75 Å². The van der Waals surface area contributed by atoms with Crippen molar-refractivity contribution in [2.45, 2.75) is 32.2 Å². The van der Waals surface area contributed by atoms with Gasteiger partial charge in [-0.1, -0.05) is 18.5 Å². The lowest BCUT2D eigenvalue weighted by atomic mass is 10.0. The number of aromatic hydroxyl groups is 1.